The molecular formula is C17H21ClN2O3. The van der Waals surface area contributed by atoms with Gasteiger partial charge in [-0.3, -0.25) is 4.90 Å². The molecular weight excluding hydrogens is 316 g/mol. The maximum absolute atomic E-state index is 12.6. The topological polar surface area (TPSA) is 58.6 Å². The van der Waals surface area contributed by atoms with Crippen molar-refractivity contribution in [3.05, 3.63) is 46.1 Å². The second kappa shape index (κ2) is 7.04. The van der Waals surface area contributed by atoms with Crippen LogP contribution >= 0.6 is 11.6 Å². The molecule has 0 aliphatic carbocycles. The van der Waals surface area contributed by atoms with E-state index in [4.69, 9.17) is 16.3 Å². The van der Waals surface area contributed by atoms with Crippen LogP contribution in [0.1, 0.15) is 39.3 Å². The smallest absolute Gasteiger partial charge is 0.338 e. The number of amides is 2. The van der Waals surface area contributed by atoms with Crippen molar-refractivity contribution in [1.82, 2.24) is 10.2 Å². The van der Waals surface area contributed by atoms with E-state index < -0.39 is 12.0 Å². The number of esters is 1. The maximum atomic E-state index is 12.6. The van der Waals surface area contributed by atoms with Gasteiger partial charge in [-0.05, 0) is 39.3 Å². The van der Waals surface area contributed by atoms with Gasteiger partial charge in [-0.2, -0.15) is 0 Å². The summed E-state index contributed by atoms with van der Waals surface area (Å²) in [6.07, 6.45) is -0.248. The van der Waals surface area contributed by atoms with Crippen LogP contribution in [-0.4, -0.2) is 29.5 Å². The van der Waals surface area contributed by atoms with E-state index in [1.54, 1.807) is 39.0 Å². The maximum Gasteiger partial charge on any atom is 0.338 e. The van der Waals surface area contributed by atoms with Crippen molar-refractivity contribution in [2.45, 2.75) is 39.8 Å². The third-order valence-corrected chi connectivity index (χ3v) is 4.04. The lowest BCUT2D eigenvalue weighted by molar-refractivity contribution is -0.143. The number of nitrogens with one attached hydrogen (secondary N) is 1. The lowest BCUT2D eigenvalue weighted by Crippen LogP contribution is -2.48. The third kappa shape index (κ3) is 3.50. The molecule has 1 N–H and O–H groups in total. The van der Waals surface area contributed by atoms with Crippen molar-refractivity contribution in [3.8, 4) is 0 Å². The van der Waals surface area contributed by atoms with E-state index in [9.17, 15) is 9.59 Å². The Bertz CT molecular complexity index is 655. The number of carbonyl (C=O) groups excluding carboxylic acids is 2. The first-order chi connectivity index (χ1) is 10.9. The molecule has 0 saturated heterocycles. The van der Waals surface area contributed by atoms with Gasteiger partial charge in [0.05, 0.1) is 17.7 Å². The monoisotopic (exact) mass is 336 g/mol. The van der Waals surface area contributed by atoms with E-state index >= 15 is 0 Å². The molecule has 1 heterocycles. The summed E-state index contributed by atoms with van der Waals surface area (Å²) in [5.41, 5.74) is 1.67. The first-order valence-electron chi connectivity index (χ1n) is 7.61. The summed E-state index contributed by atoms with van der Waals surface area (Å²) >= 11 is 6.26. The number of ether oxygens (including phenoxy) is 1. The predicted molar refractivity (Wildman–Crippen MR) is 89.0 cm³/mol. The van der Waals surface area contributed by atoms with E-state index in [2.05, 4.69) is 5.32 Å². The number of hydrogen-bond donors (Lipinski definition) is 1. The van der Waals surface area contributed by atoms with Gasteiger partial charge in [-0.15, -0.1) is 0 Å². The highest BCUT2D eigenvalue weighted by Gasteiger charge is 2.36. The van der Waals surface area contributed by atoms with Crippen molar-refractivity contribution in [2.75, 3.05) is 6.54 Å². The quantitative estimate of drug-likeness (QED) is 0.854. The number of nitrogens with zero attached hydrogens (tertiary/aromatic N) is 1. The Morgan fingerprint density at radius 3 is 2.61 bits per heavy atom. The fourth-order valence-corrected chi connectivity index (χ4v) is 2.89. The van der Waals surface area contributed by atoms with Gasteiger partial charge in [-0.1, -0.05) is 29.8 Å². The van der Waals surface area contributed by atoms with Crippen LogP contribution in [0, 0.1) is 0 Å². The summed E-state index contributed by atoms with van der Waals surface area (Å²) in [6.45, 7) is 7.65. The van der Waals surface area contributed by atoms with Crippen molar-refractivity contribution >= 4 is 23.6 Å². The lowest BCUT2D eigenvalue weighted by atomic mass is 9.95. The van der Waals surface area contributed by atoms with Gasteiger partial charge in [0.2, 0.25) is 0 Å². The first kappa shape index (κ1) is 17.3. The number of carbonyl (C=O) groups is 2. The molecule has 1 aromatic rings. The molecule has 0 unspecified atom stereocenters. The summed E-state index contributed by atoms with van der Waals surface area (Å²) in [7, 11) is 0. The van der Waals surface area contributed by atoms with Crippen LogP contribution in [0.25, 0.3) is 0 Å². The fraction of sp³-hybridized carbons (Fsp3) is 0.412. The molecule has 1 aliphatic rings. The normalized spacial score (nSPS) is 18.3. The first-order valence-corrected chi connectivity index (χ1v) is 7.98. The molecule has 0 fully saturated rings. The van der Waals surface area contributed by atoms with Crippen molar-refractivity contribution < 1.29 is 14.3 Å². The molecule has 1 aliphatic heterocycles. The van der Waals surface area contributed by atoms with Gasteiger partial charge in [0, 0.05) is 17.3 Å². The van der Waals surface area contributed by atoms with E-state index in [0.717, 1.165) is 0 Å². The minimum Gasteiger partial charge on any atom is -0.459 e. The highest BCUT2D eigenvalue weighted by atomic mass is 35.5. The molecule has 2 amide bonds. The largest absolute Gasteiger partial charge is 0.459 e. The zero-order valence-corrected chi connectivity index (χ0v) is 14.5. The Kier molecular flexibility index (Phi) is 5.31. The van der Waals surface area contributed by atoms with E-state index in [1.807, 2.05) is 13.0 Å². The average Bonchev–Trinajstić information content (AvgIpc) is 2.46. The van der Waals surface area contributed by atoms with Gasteiger partial charge < -0.3 is 10.1 Å². The second-order valence-electron chi connectivity index (χ2n) is 5.60. The molecule has 124 valence electrons. The van der Waals surface area contributed by atoms with Crippen LogP contribution in [0.4, 0.5) is 4.79 Å². The highest BCUT2D eigenvalue weighted by molar-refractivity contribution is 6.31. The predicted octanol–water partition coefficient (Wildman–Crippen LogP) is 3.65. The van der Waals surface area contributed by atoms with E-state index in [1.165, 1.54) is 4.90 Å². The molecule has 5 nitrogen and oxygen atoms in total. The molecule has 0 spiro atoms. The van der Waals surface area contributed by atoms with Crippen LogP contribution in [-0.2, 0) is 9.53 Å². The van der Waals surface area contributed by atoms with Gasteiger partial charge in [0.25, 0.3) is 0 Å². The third-order valence-electron chi connectivity index (χ3n) is 3.69. The van der Waals surface area contributed by atoms with Crippen molar-refractivity contribution in [3.63, 3.8) is 0 Å². The standard InChI is InChI=1S/C17H21ClN2O3/c1-5-20-11(4)14(16(21)23-10(2)3)15(19-17(20)22)12-8-6-7-9-13(12)18/h6-10,15H,5H2,1-4H3,(H,19,22)/t15-/m1/s1. The Morgan fingerprint density at radius 1 is 1.39 bits per heavy atom. The van der Waals surface area contributed by atoms with Crippen molar-refractivity contribution in [2.24, 2.45) is 0 Å². The zero-order valence-electron chi connectivity index (χ0n) is 13.7. The molecule has 1 atom stereocenters. The van der Waals surface area contributed by atoms with Gasteiger partial charge >= 0.3 is 12.0 Å². The number of benzene rings is 1. The molecule has 1 aromatic carbocycles. The van der Waals surface area contributed by atoms with Gasteiger partial charge in [0.15, 0.2) is 0 Å². The molecule has 2 rings (SSSR count). The van der Waals surface area contributed by atoms with Crippen LogP contribution < -0.4 is 5.32 Å². The average molecular weight is 337 g/mol. The molecule has 0 aromatic heterocycles. The number of hydrogen-bond acceptors (Lipinski definition) is 3. The van der Waals surface area contributed by atoms with Gasteiger partial charge in [-0.25, -0.2) is 9.59 Å². The van der Waals surface area contributed by atoms with Gasteiger partial charge in [0.1, 0.15) is 0 Å². The Hall–Kier alpha value is -2.01. The summed E-state index contributed by atoms with van der Waals surface area (Å²) in [5.74, 6) is -0.444. The summed E-state index contributed by atoms with van der Waals surface area (Å²) in [4.78, 5) is 26.4. The summed E-state index contributed by atoms with van der Waals surface area (Å²) in [6, 6.07) is 6.28. The van der Waals surface area contributed by atoms with Crippen LogP contribution in [0.5, 0.6) is 0 Å². The Labute approximate surface area is 141 Å². The number of rotatable bonds is 4. The van der Waals surface area contributed by atoms with Crippen molar-refractivity contribution in [1.29, 1.82) is 0 Å². The molecule has 0 bridgehead atoms. The second-order valence-corrected chi connectivity index (χ2v) is 6.01. The SMILES string of the molecule is CCN1C(=O)N[C@H](c2ccccc2Cl)C(C(=O)OC(C)C)=C1C. The van der Waals surface area contributed by atoms with Crippen LogP contribution in [0.3, 0.4) is 0 Å². The highest BCUT2D eigenvalue weighted by Crippen LogP contribution is 2.34. The summed E-state index contributed by atoms with van der Waals surface area (Å²) in [5, 5.41) is 3.34. The molecule has 0 radical (unpaired) electrons. The van der Waals surface area contributed by atoms with Crippen LogP contribution in [0.15, 0.2) is 35.5 Å². The number of urea groups is 1. The Balaban J connectivity index is 2.55. The minimum absolute atomic E-state index is 0.248. The fourth-order valence-electron chi connectivity index (χ4n) is 2.65. The van der Waals surface area contributed by atoms with Crippen LogP contribution in [0.2, 0.25) is 5.02 Å². The number of allylic oxidation sites excluding steroid dienone is 1. The molecule has 23 heavy (non-hydrogen) atoms. The van der Waals surface area contributed by atoms with E-state index in [0.29, 0.717) is 28.4 Å². The molecule has 0 saturated carbocycles. The zero-order chi connectivity index (χ0) is 17.1. The lowest BCUT2D eigenvalue weighted by Gasteiger charge is -2.35. The Morgan fingerprint density at radius 2 is 2.04 bits per heavy atom. The minimum atomic E-state index is -0.620. The van der Waals surface area contributed by atoms with E-state index in [-0.39, 0.29) is 12.1 Å². The summed E-state index contributed by atoms with van der Waals surface area (Å²) < 4.78 is 5.36. The number of halogens is 1. The molecule has 6 heteroatoms.